The number of aromatic nitrogens is 3. The first-order valence-electron chi connectivity index (χ1n) is 15.2. The number of aromatic amines is 1. The first-order chi connectivity index (χ1) is 21.8. The van der Waals surface area contributed by atoms with Crippen molar-refractivity contribution in [1.29, 1.82) is 0 Å². The van der Waals surface area contributed by atoms with Gasteiger partial charge in [-0.3, -0.25) is 24.1 Å². The molecule has 0 saturated heterocycles. The van der Waals surface area contributed by atoms with E-state index in [-0.39, 0.29) is 42.5 Å². The van der Waals surface area contributed by atoms with Gasteiger partial charge in [0.2, 0.25) is 23.6 Å². The van der Waals surface area contributed by atoms with Gasteiger partial charge < -0.3 is 10.6 Å². The van der Waals surface area contributed by atoms with E-state index in [1.807, 2.05) is 61.7 Å². The van der Waals surface area contributed by atoms with Crippen LogP contribution in [-0.4, -0.2) is 57.3 Å². The molecule has 11 nitrogen and oxygen atoms in total. The fraction of sp³-hybridized carbons (Fsp3) is 0.364. The molecule has 45 heavy (non-hydrogen) atoms. The summed E-state index contributed by atoms with van der Waals surface area (Å²) in [7, 11) is 0. The SMILES string of the molecule is CCC(C)C(C=NC(=O)Cc1csc2ccccc12)C(=O)NC1CCc2cccc3c2N(C1=O)C(C(=O)NCc1cn[nH]n1)C3. The summed E-state index contributed by atoms with van der Waals surface area (Å²) in [5.74, 6) is -2.14. The Kier molecular flexibility index (Phi) is 8.83. The molecule has 4 aromatic rings. The van der Waals surface area contributed by atoms with Gasteiger partial charge in [0.1, 0.15) is 17.8 Å². The lowest BCUT2D eigenvalue weighted by molar-refractivity contribution is -0.130. The average Bonchev–Trinajstić information content (AvgIpc) is 3.79. The van der Waals surface area contributed by atoms with Gasteiger partial charge in [-0.15, -0.1) is 11.3 Å². The maximum Gasteiger partial charge on any atom is 0.250 e. The summed E-state index contributed by atoms with van der Waals surface area (Å²) in [6.45, 7) is 4.08. The molecule has 0 aliphatic carbocycles. The second-order valence-corrected chi connectivity index (χ2v) is 12.6. The summed E-state index contributed by atoms with van der Waals surface area (Å²) >= 11 is 1.58. The number of aryl methyl sites for hydroxylation is 1. The first-order valence-corrected chi connectivity index (χ1v) is 16.1. The van der Waals surface area contributed by atoms with Gasteiger partial charge in [0.25, 0.3) is 0 Å². The molecule has 2 aliphatic heterocycles. The van der Waals surface area contributed by atoms with Gasteiger partial charge in [0.05, 0.1) is 30.8 Å². The maximum absolute atomic E-state index is 14.1. The highest BCUT2D eigenvalue weighted by atomic mass is 32.1. The minimum Gasteiger partial charge on any atom is -0.348 e. The molecule has 0 saturated carbocycles. The number of para-hydroxylation sites is 1. The molecule has 6 rings (SSSR count). The number of aliphatic imine (C=N–C) groups is 1. The minimum atomic E-state index is -0.838. The molecule has 232 valence electrons. The number of hydrogen-bond donors (Lipinski definition) is 3. The van der Waals surface area contributed by atoms with Crippen LogP contribution in [0.4, 0.5) is 5.69 Å². The number of nitrogens with one attached hydrogen (secondary N) is 3. The van der Waals surface area contributed by atoms with Crippen LogP contribution in [0.25, 0.3) is 10.1 Å². The topological polar surface area (TPSA) is 150 Å². The summed E-state index contributed by atoms with van der Waals surface area (Å²) in [5, 5.41) is 19.1. The molecular weight excluding hydrogens is 590 g/mol. The Balaban J connectivity index is 1.17. The van der Waals surface area contributed by atoms with E-state index in [2.05, 4.69) is 31.0 Å². The highest BCUT2D eigenvalue weighted by Gasteiger charge is 2.44. The van der Waals surface area contributed by atoms with Gasteiger partial charge in [0, 0.05) is 17.3 Å². The maximum atomic E-state index is 14.1. The Hall–Kier alpha value is -4.71. The zero-order valence-electron chi connectivity index (χ0n) is 25.2. The normalized spacial score (nSPS) is 18.9. The zero-order valence-corrected chi connectivity index (χ0v) is 26.0. The fourth-order valence-corrected chi connectivity index (χ4v) is 7.08. The lowest BCUT2D eigenvalue weighted by Crippen LogP contribution is -2.55. The molecular formula is C33H35N7O4S. The van der Waals surface area contributed by atoms with Crippen molar-refractivity contribution in [2.24, 2.45) is 16.8 Å². The molecule has 2 aromatic heterocycles. The van der Waals surface area contributed by atoms with E-state index in [1.165, 1.54) is 12.4 Å². The molecule has 2 aliphatic rings. The summed E-state index contributed by atoms with van der Waals surface area (Å²) in [6, 6.07) is 12.2. The van der Waals surface area contributed by atoms with Gasteiger partial charge in [-0.25, -0.2) is 4.99 Å². The molecule has 4 amide bonds. The number of anilines is 1. The molecule has 2 aromatic carbocycles. The van der Waals surface area contributed by atoms with Crippen LogP contribution in [0, 0.1) is 11.8 Å². The molecule has 4 atom stereocenters. The number of nitrogens with zero attached hydrogens (tertiary/aromatic N) is 4. The van der Waals surface area contributed by atoms with E-state index in [0.717, 1.165) is 32.5 Å². The Morgan fingerprint density at radius 2 is 2.00 bits per heavy atom. The van der Waals surface area contributed by atoms with Gasteiger partial charge in [-0.05, 0) is 52.3 Å². The number of fused-ring (bicyclic) bond motifs is 1. The van der Waals surface area contributed by atoms with E-state index >= 15 is 0 Å². The highest BCUT2D eigenvalue weighted by Crippen LogP contribution is 2.39. The van der Waals surface area contributed by atoms with Crippen molar-refractivity contribution >= 4 is 57.0 Å². The molecule has 0 fully saturated rings. The van der Waals surface area contributed by atoms with E-state index in [0.29, 0.717) is 31.4 Å². The van der Waals surface area contributed by atoms with Crippen molar-refractivity contribution in [1.82, 2.24) is 26.0 Å². The first kappa shape index (κ1) is 30.3. The number of carbonyl (C=O) groups excluding carboxylic acids is 4. The lowest BCUT2D eigenvalue weighted by atomic mass is 9.91. The average molecular weight is 626 g/mol. The Labute approximate surface area is 264 Å². The molecule has 4 heterocycles. The Bertz CT molecular complexity index is 1770. The summed E-state index contributed by atoms with van der Waals surface area (Å²) < 4.78 is 1.11. The van der Waals surface area contributed by atoms with Crippen LogP contribution in [0.3, 0.4) is 0 Å². The number of benzene rings is 2. The number of thiophene rings is 1. The number of rotatable bonds is 10. The van der Waals surface area contributed by atoms with Crippen LogP contribution in [0.1, 0.15) is 49.1 Å². The van der Waals surface area contributed by atoms with Crippen molar-refractivity contribution in [2.45, 2.75) is 64.6 Å². The van der Waals surface area contributed by atoms with E-state index in [9.17, 15) is 19.2 Å². The summed E-state index contributed by atoms with van der Waals surface area (Å²) in [4.78, 5) is 59.8. The van der Waals surface area contributed by atoms with Crippen LogP contribution in [0.2, 0.25) is 0 Å². The standard InChI is InChI=1S/C33H35N7O4S/c1-3-19(2)25(17-34-29(41)14-22-18-45-28-10-5-4-9-24(22)28)31(42)37-26-12-11-20-7-6-8-21-13-27(40(30(20)21)33(26)44)32(43)35-15-23-16-36-39-38-23/h4-10,16-19,25-27H,3,11-15H2,1-2H3,(H,35,43)(H,37,42)(H,36,38,39). The van der Waals surface area contributed by atoms with Gasteiger partial charge in [0.15, 0.2) is 0 Å². The van der Waals surface area contributed by atoms with Crippen LogP contribution in [-0.2, 0) is 45.0 Å². The lowest BCUT2D eigenvalue weighted by Gasteiger charge is -2.29. The van der Waals surface area contributed by atoms with Crippen LogP contribution >= 0.6 is 11.3 Å². The van der Waals surface area contributed by atoms with Crippen LogP contribution in [0.5, 0.6) is 0 Å². The van der Waals surface area contributed by atoms with Crippen molar-refractivity contribution < 1.29 is 19.2 Å². The summed E-state index contributed by atoms with van der Waals surface area (Å²) in [6.07, 6.45) is 5.12. The van der Waals surface area contributed by atoms with Gasteiger partial charge in [-0.2, -0.15) is 15.4 Å². The third-order valence-electron chi connectivity index (χ3n) is 8.78. The second kappa shape index (κ2) is 13.1. The Morgan fingerprint density at radius 3 is 2.80 bits per heavy atom. The van der Waals surface area contributed by atoms with Crippen molar-refractivity contribution in [3.05, 3.63) is 76.4 Å². The van der Waals surface area contributed by atoms with Crippen LogP contribution < -0.4 is 15.5 Å². The predicted molar refractivity (Wildman–Crippen MR) is 172 cm³/mol. The quantitative estimate of drug-likeness (QED) is 0.230. The smallest absolute Gasteiger partial charge is 0.250 e. The predicted octanol–water partition coefficient (Wildman–Crippen LogP) is 3.53. The number of hydrogen-bond acceptors (Lipinski definition) is 7. The minimum absolute atomic E-state index is 0.116. The highest BCUT2D eigenvalue weighted by molar-refractivity contribution is 7.17. The molecule has 4 unspecified atom stereocenters. The molecule has 3 N–H and O–H groups in total. The third-order valence-corrected chi connectivity index (χ3v) is 9.79. The molecule has 0 bridgehead atoms. The van der Waals surface area contributed by atoms with Gasteiger partial charge >= 0.3 is 0 Å². The molecule has 0 radical (unpaired) electrons. The molecule has 12 heteroatoms. The van der Waals surface area contributed by atoms with E-state index in [1.54, 1.807) is 16.2 Å². The number of H-pyrrole nitrogens is 1. The largest absolute Gasteiger partial charge is 0.348 e. The third kappa shape index (κ3) is 6.28. The fourth-order valence-electron chi connectivity index (χ4n) is 6.12. The number of amides is 4. The zero-order chi connectivity index (χ0) is 31.5. The Morgan fingerprint density at radius 1 is 1.18 bits per heavy atom. The van der Waals surface area contributed by atoms with Crippen LogP contribution in [0.15, 0.2) is 59.0 Å². The van der Waals surface area contributed by atoms with E-state index < -0.39 is 18.0 Å². The van der Waals surface area contributed by atoms with Crippen molar-refractivity contribution in [3.63, 3.8) is 0 Å². The molecule has 0 spiro atoms. The summed E-state index contributed by atoms with van der Waals surface area (Å²) in [5.41, 5.74) is 4.14. The van der Waals surface area contributed by atoms with Crippen molar-refractivity contribution in [2.75, 3.05) is 4.90 Å². The second-order valence-electron chi connectivity index (χ2n) is 11.6. The monoisotopic (exact) mass is 625 g/mol. The number of carbonyl (C=O) groups is 4. The van der Waals surface area contributed by atoms with Gasteiger partial charge in [-0.1, -0.05) is 56.7 Å². The van der Waals surface area contributed by atoms with Crippen molar-refractivity contribution in [3.8, 4) is 0 Å². The van der Waals surface area contributed by atoms with E-state index in [4.69, 9.17) is 0 Å².